The molecule has 0 aliphatic rings. The van der Waals surface area contributed by atoms with Gasteiger partial charge in [0, 0.05) is 19.2 Å². The summed E-state index contributed by atoms with van der Waals surface area (Å²) in [6.07, 6.45) is -1.37. The molecule has 1 aromatic carbocycles. The van der Waals surface area contributed by atoms with Gasteiger partial charge in [0.25, 0.3) is 0 Å². The normalized spacial score (nSPS) is 14.0. The molecule has 0 aliphatic carbocycles. The van der Waals surface area contributed by atoms with Gasteiger partial charge in [-0.2, -0.15) is 0 Å². The molecule has 0 fully saturated rings. The maximum absolute atomic E-state index is 9.27. The van der Waals surface area contributed by atoms with Gasteiger partial charge in [0.05, 0.1) is 0 Å². The SMILES string of the molecule is NC[C@@H](O)COc1cccc(OC[C@H](O)CN)c1. The molecule has 0 aromatic heterocycles. The fourth-order valence-electron chi connectivity index (χ4n) is 1.17. The van der Waals surface area contributed by atoms with Crippen LogP contribution in [0.1, 0.15) is 0 Å². The van der Waals surface area contributed by atoms with E-state index in [2.05, 4.69) is 0 Å². The van der Waals surface area contributed by atoms with E-state index in [-0.39, 0.29) is 26.3 Å². The molecule has 0 spiro atoms. The van der Waals surface area contributed by atoms with Gasteiger partial charge >= 0.3 is 0 Å². The Kier molecular flexibility index (Phi) is 6.45. The number of ether oxygens (including phenoxy) is 2. The van der Waals surface area contributed by atoms with E-state index in [0.717, 1.165) is 0 Å². The Morgan fingerprint density at radius 2 is 1.39 bits per heavy atom. The van der Waals surface area contributed by atoms with Gasteiger partial charge < -0.3 is 31.2 Å². The first-order valence-corrected chi connectivity index (χ1v) is 5.77. The second-order valence-corrected chi connectivity index (χ2v) is 3.88. The molecule has 0 saturated carbocycles. The summed E-state index contributed by atoms with van der Waals surface area (Å²) in [7, 11) is 0. The predicted octanol–water partition coefficient (Wildman–Crippen LogP) is -0.917. The summed E-state index contributed by atoms with van der Waals surface area (Å²) < 4.78 is 10.7. The van der Waals surface area contributed by atoms with Gasteiger partial charge in [0.2, 0.25) is 0 Å². The quantitative estimate of drug-likeness (QED) is 0.479. The van der Waals surface area contributed by atoms with E-state index >= 15 is 0 Å². The van der Waals surface area contributed by atoms with Crippen LogP contribution in [0, 0.1) is 0 Å². The monoisotopic (exact) mass is 256 g/mol. The topological polar surface area (TPSA) is 111 Å². The molecule has 18 heavy (non-hydrogen) atoms. The van der Waals surface area contributed by atoms with Crippen LogP contribution >= 0.6 is 0 Å². The van der Waals surface area contributed by atoms with Crippen molar-refractivity contribution in [2.45, 2.75) is 12.2 Å². The lowest BCUT2D eigenvalue weighted by atomic mass is 10.3. The number of nitrogens with two attached hydrogens (primary N) is 2. The van der Waals surface area contributed by atoms with Gasteiger partial charge in [-0.3, -0.25) is 0 Å². The molecule has 0 radical (unpaired) electrons. The number of aliphatic hydroxyl groups is 2. The van der Waals surface area contributed by atoms with Crippen LogP contribution in [0.3, 0.4) is 0 Å². The minimum atomic E-state index is -0.686. The molecule has 102 valence electrons. The van der Waals surface area contributed by atoms with E-state index in [4.69, 9.17) is 20.9 Å². The summed E-state index contributed by atoms with van der Waals surface area (Å²) in [5, 5.41) is 18.5. The Balaban J connectivity index is 2.46. The van der Waals surface area contributed by atoms with E-state index < -0.39 is 12.2 Å². The van der Waals surface area contributed by atoms with E-state index in [1.165, 1.54) is 0 Å². The first-order valence-electron chi connectivity index (χ1n) is 5.77. The van der Waals surface area contributed by atoms with Crippen LogP contribution in [0.15, 0.2) is 24.3 Å². The maximum Gasteiger partial charge on any atom is 0.123 e. The molecule has 0 bridgehead atoms. The molecule has 1 aromatic rings. The number of aliphatic hydroxyl groups excluding tert-OH is 2. The molecule has 0 unspecified atom stereocenters. The van der Waals surface area contributed by atoms with E-state index in [0.29, 0.717) is 11.5 Å². The number of rotatable bonds is 8. The van der Waals surface area contributed by atoms with Crippen LogP contribution in [0.2, 0.25) is 0 Å². The van der Waals surface area contributed by atoms with Crippen molar-refractivity contribution in [1.29, 1.82) is 0 Å². The molecule has 0 amide bonds. The highest BCUT2D eigenvalue weighted by molar-refractivity contribution is 5.32. The van der Waals surface area contributed by atoms with Gasteiger partial charge in [0.1, 0.15) is 36.9 Å². The number of benzene rings is 1. The third-order valence-corrected chi connectivity index (χ3v) is 2.23. The van der Waals surface area contributed by atoms with Crippen molar-refractivity contribution in [2.24, 2.45) is 11.5 Å². The summed E-state index contributed by atoms with van der Waals surface area (Å²) in [4.78, 5) is 0. The van der Waals surface area contributed by atoms with Crippen molar-refractivity contribution in [3.8, 4) is 11.5 Å². The minimum absolute atomic E-state index is 0.130. The highest BCUT2D eigenvalue weighted by atomic mass is 16.5. The van der Waals surface area contributed by atoms with E-state index in [9.17, 15) is 10.2 Å². The zero-order chi connectivity index (χ0) is 13.4. The summed E-state index contributed by atoms with van der Waals surface area (Å²) in [5.74, 6) is 1.14. The Morgan fingerprint density at radius 1 is 0.944 bits per heavy atom. The Labute approximate surface area is 106 Å². The van der Waals surface area contributed by atoms with Crippen LogP contribution in [-0.2, 0) is 0 Å². The average molecular weight is 256 g/mol. The number of hydrogen-bond donors (Lipinski definition) is 4. The van der Waals surface area contributed by atoms with Crippen LogP contribution in [-0.4, -0.2) is 48.7 Å². The Morgan fingerprint density at radius 3 is 1.78 bits per heavy atom. The summed E-state index contributed by atoms with van der Waals surface area (Å²) >= 11 is 0. The van der Waals surface area contributed by atoms with Crippen molar-refractivity contribution in [3.63, 3.8) is 0 Å². The standard InChI is InChI=1S/C12H20N2O4/c13-5-9(15)7-17-11-2-1-3-12(4-11)18-8-10(16)6-14/h1-4,9-10,15-16H,5-8,13-14H2/t9-,10-/m1/s1. The molecule has 0 aliphatic heterocycles. The second kappa shape index (κ2) is 7.88. The van der Waals surface area contributed by atoms with Crippen molar-refractivity contribution in [3.05, 3.63) is 24.3 Å². The number of hydrogen-bond acceptors (Lipinski definition) is 6. The van der Waals surface area contributed by atoms with Gasteiger partial charge in [-0.1, -0.05) is 6.07 Å². The predicted molar refractivity (Wildman–Crippen MR) is 67.6 cm³/mol. The second-order valence-electron chi connectivity index (χ2n) is 3.88. The molecule has 6 heteroatoms. The maximum atomic E-state index is 9.27. The third-order valence-electron chi connectivity index (χ3n) is 2.23. The zero-order valence-electron chi connectivity index (χ0n) is 10.2. The van der Waals surface area contributed by atoms with Crippen LogP contribution in [0.4, 0.5) is 0 Å². The van der Waals surface area contributed by atoms with Crippen molar-refractivity contribution >= 4 is 0 Å². The first kappa shape index (κ1) is 14.7. The highest BCUT2D eigenvalue weighted by Gasteiger charge is 2.05. The summed E-state index contributed by atoms with van der Waals surface area (Å²) in [5.41, 5.74) is 10.5. The van der Waals surface area contributed by atoms with Gasteiger partial charge in [-0.25, -0.2) is 0 Å². The minimum Gasteiger partial charge on any atom is -0.491 e. The Bertz CT molecular complexity index is 319. The lowest BCUT2D eigenvalue weighted by Gasteiger charge is -2.13. The molecule has 1 rings (SSSR count). The van der Waals surface area contributed by atoms with E-state index in [1.807, 2.05) is 0 Å². The van der Waals surface area contributed by atoms with Gasteiger partial charge in [-0.15, -0.1) is 0 Å². The summed E-state index contributed by atoms with van der Waals surface area (Å²) in [6.45, 7) is 0.564. The molecule has 6 nitrogen and oxygen atoms in total. The molecule has 6 N–H and O–H groups in total. The average Bonchev–Trinajstić information content (AvgIpc) is 2.42. The van der Waals surface area contributed by atoms with Crippen molar-refractivity contribution < 1.29 is 19.7 Å². The third kappa shape index (κ3) is 5.33. The molecule has 2 atom stereocenters. The Hall–Kier alpha value is -1.34. The van der Waals surface area contributed by atoms with E-state index in [1.54, 1.807) is 24.3 Å². The van der Waals surface area contributed by atoms with Crippen molar-refractivity contribution in [1.82, 2.24) is 0 Å². The van der Waals surface area contributed by atoms with Gasteiger partial charge in [-0.05, 0) is 12.1 Å². The largest absolute Gasteiger partial charge is 0.491 e. The van der Waals surface area contributed by atoms with Crippen LogP contribution in [0.25, 0.3) is 0 Å². The lowest BCUT2D eigenvalue weighted by Crippen LogP contribution is -2.27. The molecular formula is C12H20N2O4. The fraction of sp³-hybridized carbons (Fsp3) is 0.500. The smallest absolute Gasteiger partial charge is 0.123 e. The van der Waals surface area contributed by atoms with Crippen LogP contribution in [0.5, 0.6) is 11.5 Å². The van der Waals surface area contributed by atoms with Crippen molar-refractivity contribution in [2.75, 3.05) is 26.3 Å². The van der Waals surface area contributed by atoms with Crippen LogP contribution < -0.4 is 20.9 Å². The first-order chi connectivity index (χ1) is 8.65. The summed E-state index contributed by atoms with van der Waals surface area (Å²) in [6, 6.07) is 6.92. The molecule has 0 heterocycles. The molecular weight excluding hydrogens is 236 g/mol. The highest BCUT2D eigenvalue weighted by Crippen LogP contribution is 2.19. The lowest BCUT2D eigenvalue weighted by molar-refractivity contribution is 0.110. The fourth-order valence-corrected chi connectivity index (χ4v) is 1.17. The van der Waals surface area contributed by atoms with Gasteiger partial charge in [0.15, 0.2) is 0 Å². The molecule has 0 saturated heterocycles. The zero-order valence-corrected chi connectivity index (χ0v) is 10.2.